The molecule has 1 fully saturated rings. The molecule has 1 N–H and O–H groups in total. The van der Waals surface area contributed by atoms with Crippen molar-refractivity contribution >= 4 is 11.8 Å². The van der Waals surface area contributed by atoms with Crippen LogP contribution in [0.25, 0.3) is 0 Å². The second-order valence-corrected chi connectivity index (χ2v) is 5.64. The third kappa shape index (κ3) is 2.57. The van der Waals surface area contributed by atoms with Gasteiger partial charge in [-0.3, -0.25) is 0 Å². The highest BCUT2D eigenvalue weighted by Crippen LogP contribution is 2.31. The Morgan fingerprint density at radius 1 is 1.42 bits per heavy atom. The van der Waals surface area contributed by atoms with Gasteiger partial charge in [0.1, 0.15) is 11.4 Å². The monoisotopic (exact) mass is 262 g/mol. The van der Waals surface area contributed by atoms with Crippen molar-refractivity contribution < 1.29 is 9.90 Å². The molecule has 2 heterocycles. The molecule has 0 aromatic carbocycles. The second kappa shape index (κ2) is 5.19. The van der Waals surface area contributed by atoms with Crippen molar-refractivity contribution in [2.45, 2.75) is 46.6 Å². The topological polar surface area (TPSA) is 53.4 Å². The molecule has 2 atom stereocenters. The standard InChI is InChI=1S/C15H22N2O2/c1-9-6-5-7-17(12(9)4)14-13(15(18)19)10(2)8-11(3)16-14/h8-9,12H,5-7H2,1-4H3,(H,18,19). The van der Waals surface area contributed by atoms with Crippen LogP contribution in [0.3, 0.4) is 0 Å². The van der Waals surface area contributed by atoms with Crippen molar-refractivity contribution in [2.24, 2.45) is 5.92 Å². The lowest BCUT2D eigenvalue weighted by atomic mass is 9.91. The third-order valence-electron chi connectivity index (χ3n) is 4.19. The molecule has 1 saturated heterocycles. The SMILES string of the molecule is Cc1cc(C)c(C(=O)O)c(N2CCCC(C)C2C)n1. The highest BCUT2D eigenvalue weighted by atomic mass is 16.4. The van der Waals surface area contributed by atoms with Crippen LogP contribution in [0, 0.1) is 19.8 Å². The van der Waals surface area contributed by atoms with Gasteiger partial charge in [-0.25, -0.2) is 9.78 Å². The molecule has 0 bridgehead atoms. The molecule has 1 aromatic heterocycles. The first-order valence-electron chi connectivity index (χ1n) is 6.90. The van der Waals surface area contributed by atoms with Gasteiger partial charge in [0, 0.05) is 18.3 Å². The van der Waals surface area contributed by atoms with Gasteiger partial charge in [-0.15, -0.1) is 0 Å². The van der Waals surface area contributed by atoms with Crippen molar-refractivity contribution in [3.05, 3.63) is 22.9 Å². The molecule has 0 spiro atoms. The summed E-state index contributed by atoms with van der Waals surface area (Å²) < 4.78 is 0. The minimum absolute atomic E-state index is 0.334. The first-order valence-corrected chi connectivity index (χ1v) is 6.90. The van der Waals surface area contributed by atoms with Crippen LogP contribution in [0.15, 0.2) is 6.07 Å². The molecule has 1 aliphatic heterocycles. The Hall–Kier alpha value is -1.58. The van der Waals surface area contributed by atoms with E-state index in [2.05, 4.69) is 23.7 Å². The number of aryl methyl sites for hydroxylation is 2. The highest BCUT2D eigenvalue weighted by molar-refractivity contribution is 5.95. The maximum Gasteiger partial charge on any atom is 0.339 e. The molecule has 19 heavy (non-hydrogen) atoms. The van der Waals surface area contributed by atoms with Crippen molar-refractivity contribution in [2.75, 3.05) is 11.4 Å². The summed E-state index contributed by atoms with van der Waals surface area (Å²) in [5, 5.41) is 9.45. The minimum Gasteiger partial charge on any atom is -0.478 e. The fraction of sp³-hybridized carbons (Fsp3) is 0.600. The number of hydrogen-bond acceptors (Lipinski definition) is 3. The molecular weight excluding hydrogens is 240 g/mol. The molecule has 2 rings (SSSR count). The van der Waals surface area contributed by atoms with E-state index in [9.17, 15) is 9.90 Å². The number of carbonyl (C=O) groups is 1. The average molecular weight is 262 g/mol. The normalized spacial score (nSPS) is 23.5. The van der Waals surface area contributed by atoms with Crippen LogP contribution >= 0.6 is 0 Å². The molecule has 0 saturated carbocycles. The Bertz CT molecular complexity index is 499. The number of carboxylic acids is 1. The quantitative estimate of drug-likeness (QED) is 0.890. The molecule has 0 radical (unpaired) electrons. The van der Waals surface area contributed by atoms with E-state index in [1.165, 1.54) is 6.42 Å². The van der Waals surface area contributed by atoms with Crippen LogP contribution in [0.1, 0.15) is 48.3 Å². The zero-order chi connectivity index (χ0) is 14.2. The number of aromatic nitrogens is 1. The van der Waals surface area contributed by atoms with E-state index in [0.29, 0.717) is 23.3 Å². The van der Waals surface area contributed by atoms with E-state index >= 15 is 0 Å². The van der Waals surface area contributed by atoms with E-state index in [0.717, 1.165) is 24.2 Å². The van der Waals surface area contributed by atoms with E-state index in [1.54, 1.807) is 0 Å². The lowest BCUT2D eigenvalue weighted by Gasteiger charge is -2.39. The zero-order valence-corrected chi connectivity index (χ0v) is 12.1. The van der Waals surface area contributed by atoms with Gasteiger partial charge >= 0.3 is 5.97 Å². The number of hydrogen-bond donors (Lipinski definition) is 1. The number of nitrogens with zero attached hydrogens (tertiary/aromatic N) is 2. The summed E-state index contributed by atoms with van der Waals surface area (Å²) in [6.45, 7) is 9.04. The van der Waals surface area contributed by atoms with E-state index in [4.69, 9.17) is 0 Å². The number of piperidine rings is 1. The lowest BCUT2D eigenvalue weighted by Crippen LogP contribution is -2.43. The largest absolute Gasteiger partial charge is 0.478 e. The second-order valence-electron chi connectivity index (χ2n) is 5.64. The average Bonchev–Trinajstić information content (AvgIpc) is 2.31. The van der Waals surface area contributed by atoms with E-state index in [-0.39, 0.29) is 0 Å². The summed E-state index contributed by atoms with van der Waals surface area (Å²) in [5.74, 6) is 0.326. The number of rotatable bonds is 2. The van der Waals surface area contributed by atoms with Crippen molar-refractivity contribution in [1.29, 1.82) is 0 Å². The van der Waals surface area contributed by atoms with Gasteiger partial charge in [0.05, 0.1) is 0 Å². The highest BCUT2D eigenvalue weighted by Gasteiger charge is 2.29. The Labute approximate surface area is 114 Å². The fourth-order valence-electron chi connectivity index (χ4n) is 2.92. The van der Waals surface area contributed by atoms with Crippen molar-refractivity contribution in [1.82, 2.24) is 4.98 Å². The van der Waals surface area contributed by atoms with Gasteiger partial charge in [-0.2, -0.15) is 0 Å². The molecule has 0 amide bonds. The smallest absolute Gasteiger partial charge is 0.339 e. The van der Waals surface area contributed by atoms with Crippen LogP contribution in [-0.2, 0) is 0 Å². The fourth-order valence-corrected chi connectivity index (χ4v) is 2.92. The summed E-state index contributed by atoms with van der Waals surface area (Å²) in [6.07, 6.45) is 2.30. The zero-order valence-electron chi connectivity index (χ0n) is 12.1. The van der Waals surface area contributed by atoms with E-state index in [1.807, 2.05) is 19.9 Å². The van der Waals surface area contributed by atoms with Crippen LogP contribution < -0.4 is 4.90 Å². The van der Waals surface area contributed by atoms with Crippen LogP contribution in [-0.4, -0.2) is 28.6 Å². The van der Waals surface area contributed by atoms with Gasteiger partial charge < -0.3 is 10.0 Å². The van der Waals surface area contributed by atoms with Gasteiger partial charge in [0.15, 0.2) is 0 Å². The summed E-state index contributed by atoms with van der Waals surface area (Å²) in [6, 6.07) is 2.17. The Balaban J connectivity index is 2.51. The van der Waals surface area contributed by atoms with E-state index < -0.39 is 5.97 Å². The number of anilines is 1. The summed E-state index contributed by atoms with van der Waals surface area (Å²) in [7, 11) is 0. The summed E-state index contributed by atoms with van der Waals surface area (Å²) in [5.41, 5.74) is 2.02. The van der Waals surface area contributed by atoms with Crippen molar-refractivity contribution in [3.8, 4) is 0 Å². The summed E-state index contributed by atoms with van der Waals surface area (Å²) in [4.78, 5) is 18.2. The number of pyridine rings is 1. The number of carboxylic acid groups (broad SMARTS) is 1. The summed E-state index contributed by atoms with van der Waals surface area (Å²) >= 11 is 0. The molecule has 4 nitrogen and oxygen atoms in total. The molecule has 2 unspecified atom stereocenters. The van der Waals surface area contributed by atoms with Crippen molar-refractivity contribution in [3.63, 3.8) is 0 Å². The lowest BCUT2D eigenvalue weighted by molar-refractivity contribution is 0.0696. The van der Waals surface area contributed by atoms with Crippen LogP contribution in [0.2, 0.25) is 0 Å². The predicted molar refractivity (Wildman–Crippen MR) is 75.9 cm³/mol. The molecule has 0 aliphatic carbocycles. The van der Waals surface area contributed by atoms with Gasteiger partial charge in [-0.1, -0.05) is 6.92 Å². The molecule has 104 valence electrons. The Morgan fingerprint density at radius 2 is 2.11 bits per heavy atom. The van der Waals surface area contributed by atoms with Crippen LogP contribution in [0.4, 0.5) is 5.82 Å². The van der Waals surface area contributed by atoms with Crippen LogP contribution in [0.5, 0.6) is 0 Å². The van der Waals surface area contributed by atoms with Gasteiger partial charge in [-0.05, 0) is 51.2 Å². The maximum atomic E-state index is 11.5. The molecule has 4 heteroatoms. The Kier molecular flexibility index (Phi) is 3.78. The molecule has 1 aromatic rings. The predicted octanol–water partition coefficient (Wildman–Crippen LogP) is 3.02. The third-order valence-corrected chi connectivity index (χ3v) is 4.19. The number of aromatic carboxylic acids is 1. The first-order chi connectivity index (χ1) is 8.91. The minimum atomic E-state index is -0.884. The Morgan fingerprint density at radius 3 is 2.74 bits per heavy atom. The molecule has 1 aliphatic rings. The first kappa shape index (κ1) is 13.8. The van der Waals surface area contributed by atoms with Gasteiger partial charge in [0.2, 0.25) is 0 Å². The maximum absolute atomic E-state index is 11.5. The van der Waals surface area contributed by atoms with Gasteiger partial charge in [0.25, 0.3) is 0 Å². The molecular formula is C15H22N2O2.